The number of anilines is 1. The van der Waals surface area contributed by atoms with Crippen molar-refractivity contribution in [2.24, 2.45) is 0 Å². The van der Waals surface area contributed by atoms with Gasteiger partial charge in [-0.2, -0.15) is 4.58 Å². The van der Waals surface area contributed by atoms with Crippen molar-refractivity contribution in [2.45, 2.75) is 57.8 Å². The Morgan fingerprint density at radius 2 is 1.45 bits per heavy atom. The van der Waals surface area contributed by atoms with E-state index in [-0.39, 0.29) is 10.8 Å². The van der Waals surface area contributed by atoms with Crippen molar-refractivity contribution in [2.75, 3.05) is 11.9 Å². The minimum Gasteiger partial charge on any atom is -0.273 e. The van der Waals surface area contributed by atoms with Crippen LogP contribution in [0.5, 0.6) is 0 Å². The van der Waals surface area contributed by atoms with E-state index in [1.807, 2.05) is 4.90 Å². The Hall–Kier alpha value is -4.32. The minimum atomic E-state index is -0.248. The molecule has 44 heavy (non-hydrogen) atoms. The monoisotopic (exact) mass is 593 g/mol. The first-order valence-corrected chi connectivity index (χ1v) is 15.9. The molecular formula is C41H38ClN2+. The summed E-state index contributed by atoms with van der Waals surface area (Å²) >= 11 is 7.16. The van der Waals surface area contributed by atoms with Crippen LogP contribution in [-0.2, 0) is 10.8 Å². The zero-order chi connectivity index (χ0) is 30.8. The quantitative estimate of drug-likeness (QED) is 0.169. The summed E-state index contributed by atoms with van der Waals surface area (Å²) in [5, 5.41) is 5.95. The molecular weight excluding hydrogens is 556 g/mol. The predicted octanol–water partition coefficient (Wildman–Crippen LogP) is 10.4. The van der Waals surface area contributed by atoms with Gasteiger partial charge in [-0.3, -0.25) is 4.90 Å². The highest BCUT2D eigenvalue weighted by Gasteiger charge is 2.44. The molecule has 1 aliphatic carbocycles. The molecule has 2 nitrogen and oxygen atoms in total. The fraction of sp³-hybridized carbons (Fsp3) is 0.244. The molecule has 0 saturated carbocycles. The summed E-state index contributed by atoms with van der Waals surface area (Å²) in [4.78, 5) is 2.01. The Labute approximate surface area is 266 Å². The van der Waals surface area contributed by atoms with Crippen LogP contribution in [0.3, 0.4) is 0 Å². The fourth-order valence-corrected chi connectivity index (χ4v) is 8.14. The maximum atomic E-state index is 7.16. The molecule has 0 N–H and O–H groups in total. The average molecular weight is 594 g/mol. The summed E-state index contributed by atoms with van der Waals surface area (Å²) < 4.78 is 2.34. The SMILES string of the molecule is C#CN1C(=CC=C2CCCC(C=CC3=[N+](C)c4ccc5ccccc5c4C3(C)C)=C2Cl)C(C)(C)c2c1ccc1ccccc21. The second kappa shape index (κ2) is 10.4. The smallest absolute Gasteiger partial charge is 0.210 e. The molecule has 0 aromatic heterocycles. The van der Waals surface area contributed by atoms with Gasteiger partial charge in [0.05, 0.1) is 11.1 Å². The fourth-order valence-electron chi connectivity index (χ4n) is 7.82. The minimum absolute atomic E-state index is 0.127. The van der Waals surface area contributed by atoms with Gasteiger partial charge in [-0.05, 0) is 89.6 Å². The molecule has 0 atom stereocenters. The number of allylic oxidation sites excluding steroid dienone is 8. The van der Waals surface area contributed by atoms with Crippen LogP contribution in [0.4, 0.5) is 11.4 Å². The number of fused-ring (bicyclic) bond motifs is 6. The zero-order valence-corrected chi connectivity index (χ0v) is 27.0. The Morgan fingerprint density at radius 3 is 2.16 bits per heavy atom. The van der Waals surface area contributed by atoms with E-state index in [1.165, 1.54) is 49.6 Å². The summed E-state index contributed by atoms with van der Waals surface area (Å²) in [6, 6.07) is 29.0. The van der Waals surface area contributed by atoms with Gasteiger partial charge in [0.1, 0.15) is 7.05 Å². The average Bonchev–Trinajstić information content (AvgIpc) is 3.37. The molecule has 3 aliphatic rings. The van der Waals surface area contributed by atoms with Crippen molar-refractivity contribution in [1.29, 1.82) is 0 Å². The molecule has 0 bridgehead atoms. The molecule has 0 fully saturated rings. The highest BCUT2D eigenvalue weighted by molar-refractivity contribution is 6.32. The summed E-state index contributed by atoms with van der Waals surface area (Å²) in [6.45, 7) is 9.20. The summed E-state index contributed by atoms with van der Waals surface area (Å²) in [5.41, 5.74) is 9.38. The molecule has 2 heterocycles. The largest absolute Gasteiger partial charge is 0.273 e. The number of rotatable bonds is 3. The van der Waals surface area contributed by atoms with E-state index in [0.29, 0.717) is 0 Å². The van der Waals surface area contributed by atoms with E-state index < -0.39 is 0 Å². The lowest BCUT2D eigenvalue weighted by molar-refractivity contribution is -0.401. The molecule has 0 amide bonds. The Balaban J connectivity index is 1.24. The second-order valence-electron chi connectivity index (χ2n) is 13.3. The maximum Gasteiger partial charge on any atom is 0.210 e. The lowest BCUT2D eigenvalue weighted by Crippen LogP contribution is -2.27. The molecule has 4 aromatic rings. The standard InChI is InChI=1S/C41H38ClN2/c1-7-44-34-24-20-28-14-9-11-18-32(28)38(34)41(4,5)36(44)26-22-30-16-12-15-29(39(30)42)21-25-35-40(2,3)37-31-17-10-8-13-27(31)19-23-33(37)43(35)6/h1,8-11,13-14,17-26H,12,15-16H2,2-6H3/q+1. The Morgan fingerprint density at radius 1 is 0.795 bits per heavy atom. The zero-order valence-electron chi connectivity index (χ0n) is 26.2. The van der Waals surface area contributed by atoms with Crippen molar-refractivity contribution < 1.29 is 4.58 Å². The highest BCUT2D eigenvalue weighted by atomic mass is 35.5. The van der Waals surface area contributed by atoms with Gasteiger partial charge in [-0.15, -0.1) is 0 Å². The Bertz CT molecular complexity index is 2070. The van der Waals surface area contributed by atoms with Crippen LogP contribution >= 0.6 is 11.6 Å². The summed E-state index contributed by atoms with van der Waals surface area (Å²) in [7, 11) is 2.18. The third-order valence-electron chi connectivity index (χ3n) is 10.0. The number of benzene rings is 4. The summed E-state index contributed by atoms with van der Waals surface area (Å²) in [5.74, 6) is 0. The van der Waals surface area contributed by atoms with Crippen molar-refractivity contribution in [3.05, 3.63) is 130 Å². The first-order valence-electron chi connectivity index (χ1n) is 15.5. The molecule has 3 heteroatoms. The lowest BCUT2D eigenvalue weighted by atomic mass is 9.79. The highest BCUT2D eigenvalue weighted by Crippen LogP contribution is 2.51. The van der Waals surface area contributed by atoms with Gasteiger partial charge in [-0.25, -0.2) is 0 Å². The van der Waals surface area contributed by atoms with Crippen molar-refractivity contribution in [3.8, 4) is 12.5 Å². The molecule has 2 aliphatic heterocycles. The van der Waals surface area contributed by atoms with E-state index in [0.717, 1.165) is 41.3 Å². The molecule has 0 saturated heterocycles. The molecule has 218 valence electrons. The van der Waals surface area contributed by atoms with Crippen molar-refractivity contribution in [1.82, 2.24) is 0 Å². The topological polar surface area (TPSA) is 6.25 Å². The van der Waals surface area contributed by atoms with Crippen LogP contribution in [0.2, 0.25) is 0 Å². The number of hydrogen-bond acceptors (Lipinski definition) is 1. The maximum absolute atomic E-state index is 7.16. The normalized spacial score (nSPS) is 20.8. The first-order chi connectivity index (χ1) is 21.1. The van der Waals surface area contributed by atoms with E-state index in [1.54, 1.807) is 0 Å². The van der Waals surface area contributed by atoms with Gasteiger partial charge < -0.3 is 0 Å². The van der Waals surface area contributed by atoms with Crippen molar-refractivity contribution >= 4 is 50.2 Å². The van der Waals surface area contributed by atoms with Crippen LogP contribution in [0.15, 0.2) is 119 Å². The van der Waals surface area contributed by atoms with E-state index in [9.17, 15) is 0 Å². The van der Waals surface area contributed by atoms with E-state index in [2.05, 4.69) is 142 Å². The number of hydrogen-bond donors (Lipinski definition) is 0. The van der Waals surface area contributed by atoms with Gasteiger partial charge in [0.15, 0.2) is 5.71 Å². The van der Waals surface area contributed by atoms with Gasteiger partial charge >= 0.3 is 0 Å². The third kappa shape index (κ3) is 4.21. The number of terminal acetylenes is 1. The Kier molecular flexibility index (Phi) is 6.72. The molecule has 0 radical (unpaired) electrons. The van der Waals surface area contributed by atoms with E-state index in [4.69, 9.17) is 18.0 Å². The van der Waals surface area contributed by atoms with Crippen LogP contribution in [0.25, 0.3) is 21.5 Å². The van der Waals surface area contributed by atoms with E-state index >= 15 is 0 Å². The van der Waals surface area contributed by atoms with Gasteiger partial charge in [0, 0.05) is 39.9 Å². The van der Waals surface area contributed by atoms with Gasteiger partial charge in [0.2, 0.25) is 5.69 Å². The molecule has 7 rings (SSSR count). The van der Waals surface area contributed by atoms with Crippen LogP contribution in [-0.4, -0.2) is 17.3 Å². The number of halogens is 1. The first kappa shape index (κ1) is 28.5. The number of nitrogens with zero attached hydrogens (tertiary/aromatic N) is 2. The molecule has 0 unspecified atom stereocenters. The summed E-state index contributed by atoms with van der Waals surface area (Å²) in [6.07, 6.45) is 18.0. The lowest BCUT2D eigenvalue weighted by Gasteiger charge is -2.24. The van der Waals surface area contributed by atoms with Crippen LogP contribution < -0.4 is 4.90 Å². The predicted molar refractivity (Wildman–Crippen MR) is 188 cm³/mol. The van der Waals surface area contributed by atoms with Gasteiger partial charge in [-0.1, -0.05) is 98.6 Å². The van der Waals surface area contributed by atoms with Crippen LogP contribution in [0, 0.1) is 12.5 Å². The third-order valence-corrected chi connectivity index (χ3v) is 10.5. The molecule has 4 aromatic carbocycles. The molecule has 0 spiro atoms. The second-order valence-corrected chi connectivity index (χ2v) is 13.7. The van der Waals surface area contributed by atoms with Crippen LogP contribution in [0.1, 0.15) is 58.1 Å². The van der Waals surface area contributed by atoms with Gasteiger partial charge in [0.25, 0.3) is 0 Å². The van der Waals surface area contributed by atoms with Crippen molar-refractivity contribution in [3.63, 3.8) is 0 Å².